The van der Waals surface area contributed by atoms with Crippen LogP contribution in [0.5, 0.6) is 11.6 Å². The molecule has 0 bridgehead atoms. The highest BCUT2D eigenvalue weighted by atomic mass is 16.6. The number of carbonyl (C=O) groups excluding carboxylic acids is 2. The summed E-state index contributed by atoms with van der Waals surface area (Å²) in [7, 11) is 1.47. The molecule has 2 amide bonds. The van der Waals surface area contributed by atoms with Gasteiger partial charge >= 0.3 is 6.09 Å². The van der Waals surface area contributed by atoms with Crippen LogP contribution in [-0.4, -0.2) is 46.5 Å². The fourth-order valence-corrected chi connectivity index (χ4v) is 4.24. The molecular weight excluding hydrogens is 422 g/mol. The second-order valence-electron chi connectivity index (χ2n) is 8.37. The van der Waals surface area contributed by atoms with Crippen molar-refractivity contribution in [3.63, 3.8) is 0 Å². The highest BCUT2D eigenvalue weighted by Crippen LogP contribution is 2.40. The topological polar surface area (TPSA) is 89.8 Å². The summed E-state index contributed by atoms with van der Waals surface area (Å²) < 4.78 is 12.8. The zero-order valence-electron chi connectivity index (χ0n) is 18.8. The smallest absolute Gasteiger partial charge is 0.420 e. The van der Waals surface area contributed by atoms with Crippen LogP contribution in [0.25, 0.3) is 11.1 Å². The zero-order chi connectivity index (χ0) is 23.1. The Hall–Kier alpha value is -3.88. The van der Waals surface area contributed by atoms with Crippen molar-refractivity contribution in [2.75, 3.05) is 23.5 Å². The predicted molar refractivity (Wildman–Crippen MR) is 123 cm³/mol. The first kappa shape index (κ1) is 21.0. The van der Waals surface area contributed by atoms with E-state index < -0.39 is 6.09 Å². The second-order valence-corrected chi connectivity index (χ2v) is 8.37. The van der Waals surface area contributed by atoms with Gasteiger partial charge in [-0.25, -0.2) is 9.78 Å². The quantitative estimate of drug-likeness (QED) is 0.599. The Bertz CT molecular complexity index is 1220. The minimum atomic E-state index is -0.566. The molecular formula is C24H25N5O4. The van der Waals surface area contributed by atoms with Crippen LogP contribution in [0.15, 0.2) is 48.9 Å². The first-order valence-electron chi connectivity index (χ1n) is 10.9. The summed E-state index contributed by atoms with van der Waals surface area (Å²) in [5.74, 6) is 0.373. The molecule has 1 atom stereocenters. The summed E-state index contributed by atoms with van der Waals surface area (Å²) in [5.41, 5.74) is 3.14. The number of anilines is 2. The molecule has 33 heavy (non-hydrogen) atoms. The van der Waals surface area contributed by atoms with E-state index in [1.165, 1.54) is 14.0 Å². The molecule has 170 valence electrons. The summed E-state index contributed by atoms with van der Waals surface area (Å²) in [4.78, 5) is 33.0. The van der Waals surface area contributed by atoms with Gasteiger partial charge in [0.2, 0.25) is 5.91 Å². The van der Waals surface area contributed by atoms with E-state index >= 15 is 0 Å². The van der Waals surface area contributed by atoms with Gasteiger partial charge in [0.25, 0.3) is 5.88 Å². The second kappa shape index (κ2) is 8.23. The van der Waals surface area contributed by atoms with Crippen LogP contribution < -0.4 is 19.3 Å². The molecule has 0 spiro atoms. The number of ether oxygens (including phenoxy) is 2. The van der Waals surface area contributed by atoms with Gasteiger partial charge in [-0.3, -0.25) is 14.4 Å². The number of rotatable bonds is 4. The van der Waals surface area contributed by atoms with E-state index in [2.05, 4.69) is 10.1 Å². The number of amides is 2. The number of pyridine rings is 1. The van der Waals surface area contributed by atoms with E-state index in [0.29, 0.717) is 24.0 Å². The number of aromatic nitrogens is 3. The van der Waals surface area contributed by atoms with Crippen molar-refractivity contribution >= 4 is 23.4 Å². The Kier molecular flexibility index (Phi) is 5.24. The monoisotopic (exact) mass is 447 g/mol. The van der Waals surface area contributed by atoms with Gasteiger partial charge in [0.1, 0.15) is 0 Å². The third-order valence-electron chi connectivity index (χ3n) is 5.96. The van der Waals surface area contributed by atoms with E-state index in [-0.39, 0.29) is 23.6 Å². The Morgan fingerprint density at radius 1 is 1.12 bits per heavy atom. The summed E-state index contributed by atoms with van der Waals surface area (Å²) in [6.45, 7) is 3.73. The van der Waals surface area contributed by atoms with Crippen molar-refractivity contribution in [3.05, 3.63) is 48.9 Å². The van der Waals surface area contributed by atoms with Crippen molar-refractivity contribution in [2.45, 2.75) is 38.8 Å². The lowest BCUT2D eigenvalue weighted by Gasteiger charge is -2.40. The Balaban J connectivity index is 1.52. The van der Waals surface area contributed by atoms with Crippen LogP contribution in [0, 0.1) is 0 Å². The molecule has 3 heterocycles. The van der Waals surface area contributed by atoms with E-state index in [9.17, 15) is 9.59 Å². The predicted octanol–water partition coefficient (Wildman–Crippen LogP) is 4.05. The Morgan fingerprint density at radius 3 is 2.67 bits per heavy atom. The van der Waals surface area contributed by atoms with Crippen molar-refractivity contribution in [1.29, 1.82) is 0 Å². The van der Waals surface area contributed by atoms with E-state index in [4.69, 9.17) is 9.47 Å². The fraction of sp³-hybridized carbons (Fsp3) is 0.333. The third kappa shape index (κ3) is 3.90. The van der Waals surface area contributed by atoms with Crippen LogP contribution in [-0.2, 0) is 4.79 Å². The average molecular weight is 447 g/mol. The number of fused-ring (bicyclic) bond motifs is 1. The van der Waals surface area contributed by atoms with Crippen LogP contribution in [0.3, 0.4) is 0 Å². The first-order chi connectivity index (χ1) is 16.0. The number of carbonyl (C=O) groups is 2. The van der Waals surface area contributed by atoms with Gasteiger partial charge in [-0.1, -0.05) is 6.07 Å². The number of benzene rings is 1. The third-order valence-corrected chi connectivity index (χ3v) is 5.96. The molecule has 1 aliphatic heterocycles. The van der Waals surface area contributed by atoms with Gasteiger partial charge in [0.15, 0.2) is 5.75 Å². The normalized spacial score (nSPS) is 17.5. The molecule has 2 aliphatic rings. The van der Waals surface area contributed by atoms with Crippen LogP contribution in [0.1, 0.15) is 32.7 Å². The highest BCUT2D eigenvalue weighted by molar-refractivity contribution is 6.03. The van der Waals surface area contributed by atoms with Gasteiger partial charge in [-0.05, 0) is 49.6 Å². The summed E-state index contributed by atoms with van der Waals surface area (Å²) in [5, 5.41) is 4.48. The lowest BCUT2D eigenvalue weighted by Crippen LogP contribution is -2.52. The van der Waals surface area contributed by atoms with Gasteiger partial charge in [-0.2, -0.15) is 5.10 Å². The lowest BCUT2D eigenvalue weighted by atomic mass is 10.0. The van der Waals surface area contributed by atoms with E-state index in [0.717, 1.165) is 24.0 Å². The molecule has 1 saturated carbocycles. The lowest BCUT2D eigenvalue weighted by molar-refractivity contribution is -0.117. The van der Waals surface area contributed by atoms with Gasteiger partial charge in [0, 0.05) is 31.4 Å². The molecule has 0 unspecified atom stereocenters. The number of nitrogens with zero attached hydrogens (tertiary/aromatic N) is 5. The molecule has 0 N–H and O–H groups in total. The van der Waals surface area contributed by atoms with Crippen molar-refractivity contribution in [3.8, 4) is 22.8 Å². The van der Waals surface area contributed by atoms with Crippen LogP contribution >= 0.6 is 0 Å². The van der Waals surface area contributed by atoms with Gasteiger partial charge in [-0.15, -0.1) is 0 Å². The molecule has 1 fully saturated rings. The maximum Gasteiger partial charge on any atom is 0.420 e. The van der Waals surface area contributed by atoms with Crippen LogP contribution in [0.2, 0.25) is 0 Å². The molecule has 0 radical (unpaired) electrons. The summed E-state index contributed by atoms with van der Waals surface area (Å²) >= 11 is 0. The Labute approximate surface area is 191 Å². The summed E-state index contributed by atoms with van der Waals surface area (Å²) in [6, 6.07) is 9.30. The zero-order valence-corrected chi connectivity index (χ0v) is 18.8. The minimum absolute atomic E-state index is 0.0833. The standard InChI is InChI=1S/C24H25N5O4/c1-15-13-27(24(31)33-22-5-4-10-25-23(22)32-3)21-11-17(6-9-20(21)29(15)16(2)30)18-12-26-28(14-18)19-7-8-19/h4-6,9-12,14-15,19H,7-8,13H2,1-3H3/t15-/m0/s1. The highest BCUT2D eigenvalue weighted by Gasteiger charge is 2.35. The summed E-state index contributed by atoms with van der Waals surface area (Å²) in [6.07, 6.45) is 7.15. The Morgan fingerprint density at radius 2 is 1.94 bits per heavy atom. The molecule has 1 aliphatic carbocycles. The van der Waals surface area contributed by atoms with Crippen LogP contribution in [0.4, 0.5) is 16.2 Å². The first-order valence-corrected chi connectivity index (χ1v) is 10.9. The average Bonchev–Trinajstić information content (AvgIpc) is 3.54. The molecule has 2 aromatic heterocycles. The molecule has 5 rings (SSSR count). The molecule has 1 aromatic carbocycles. The maximum atomic E-state index is 13.3. The van der Waals surface area contributed by atoms with Gasteiger partial charge in [0.05, 0.1) is 36.8 Å². The van der Waals surface area contributed by atoms with Gasteiger partial charge < -0.3 is 14.4 Å². The molecule has 9 heteroatoms. The molecule has 0 saturated heterocycles. The van der Waals surface area contributed by atoms with Crippen molar-refractivity contribution in [1.82, 2.24) is 14.8 Å². The number of methoxy groups -OCH3 is 1. The largest absolute Gasteiger partial charge is 0.478 e. The SMILES string of the molecule is COc1ncccc1OC(=O)N1C[C@H](C)N(C(C)=O)c2ccc(-c3cnn(C4CC4)c3)cc21. The molecule has 9 nitrogen and oxygen atoms in total. The number of hydrogen-bond acceptors (Lipinski definition) is 6. The van der Waals surface area contributed by atoms with E-state index in [1.54, 1.807) is 28.1 Å². The van der Waals surface area contributed by atoms with Crippen molar-refractivity contribution in [2.24, 2.45) is 0 Å². The van der Waals surface area contributed by atoms with Crippen molar-refractivity contribution < 1.29 is 19.1 Å². The van der Waals surface area contributed by atoms with E-state index in [1.807, 2.05) is 42.2 Å². The fourth-order valence-electron chi connectivity index (χ4n) is 4.24. The maximum absolute atomic E-state index is 13.3. The minimum Gasteiger partial charge on any atom is -0.478 e. The number of hydrogen-bond donors (Lipinski definition) is 0. The molecule has 3 aromatic rings.